The van der Waals surface area contributed by atoms with E-state index in [9.17, 15) is 22.0 Å². The summed E-state index contributed by atoms with van der Waals surface area (Å²) in [6.45, 7) is -1.31. The maximum Gasteiger partial charge on any atom is 0.401 e. The minimum atomic E-state index is -4.34. The summed E-state index contributed by atoms with van der Waals surface area (Å²) in [5.74, 6) is -1.62. The van der Waals surface area contributed by atoms with Crippen LogP contribution in [0.5, 0.6) is 0 Å². The second-order valence-electron chi connectivity index (χ2n) is 4.08. The molecule has 2 N–H and O–H groups in total. The molecular formula is C11H13F5N2. The van der Waals surface area contributed by atoms with Gasteiger partial charge in [-0.1, -0.05) is 6.07 Å². The largest absolute Gasteiger partial charge is 0.401 e. The van der Waals surface area contributed by atoms with Gasteiger partial charge in [0.15, 0.2) is 0 Å². The first-order chi connectivity index (χ1) is 8.19. The molecule has 0 fully saturated rings. The molecule has 18 heavy (non-hydrogen) atoms. The van der Waals surface area contributed by atoms with E-state index in [2.05, 4.69) is 0 Å². The smallest absolute Gasteiger partial charge is 0.323 e. The first kappa shape index (κ1) is 14.8. The van der Waals surface area contributed by atoms with Crippen LogP contribution < -0.4 is 5.73 Å². The van der Waals surface area contributed by atoms with Crippen molar-refractivity contribution >= 4 is 0 Å². The van der Waals surface area contributed by atoms with E-state index >= 15 is 0 Å². The summed E-state index contributed by atoms with van der Waals surface area (Å²) in [5.41, 5.74) is 5.59. The third-order valence-electron chi connectivity index (χ3n) is 2.32. The van der Waals surface area contributed by atoms with Crippen molar-refractivity contribution in [3.8, 4) is 0 Å². The summed E-state index contributed by atoms with van der Waals surface area (Å²) in [4.78, 5) is 0.938. The maximum absolute atomic E-state index is 13.3. The maximum atomic E-state index is 13.3. The van der Waals surface area contributed by atoms with Crippen molar-refractivity contribution in [3.63, 3.8) is 0 Å². The van der Waals surface area contributed by atoms with E-state index in [0.717, 1.165) is 17.0 Å². The second-order valence-corrected chi connectivity index (χ2v) is 4.08. The number of benzene rings is 1. The number of rotatable bonds is 4. The SMILES string of the molecule is CN(CC(N)c1ccc(F)cc1F)CC(F)(F)F. The van der Waals surface area contributed by atoms with Crippen molar-refractivity contribution in [2.75, 3.05) is 20.1 Å². The lowest BCUT2D eigenvalue weighted by molar-refractivity contribution is -0.143. The Balaban J connectivity index is 2.67. The van der Waals surface area contributed by atoms with E-state index in [1.54, 1.807) is 0 Å². The van der Waals surface area contributed by atoms with Crippen molar-refractivity contribution in [1.82, 2.24) is 4.90 Å². The molecule has 1 unspecified atom stereocenters. The van der Waals surface area contributed by atoms with Gasteiger partial charge in [-0.25, -0.2) is 8.78 Å². The lowest BCUT2D eigenvalue weighted by atomic mass is 10.1. The molecule has 1 aromatic rings. The van der Waals surface area contributed by atoms with Gasteiger partial charge in [-0.2, -0.15) is 13.2 Å². The summed E-state index contributed by atoms with van der Waals surface area (Å²) in [7, 11) is 1.23. The van der Waals surface area contributed by atoms with E-state index in [1.165, 1.54) is 7.05 Å². The molecule has 0 saturated heterocycles. The van der Waals surface area contributed by atoms with Gasteiger partial charge in [-0.05, 0) is 13.1 Å². The van der Waals surface area contributed by atoms with Gasteiger partial charge in [-0.3, -0.25) is 4.90 Å². The molecule has 0 aliphatic heterocycles. The molecular weight excluding hydrogens is 255 g/mol. The summed E-state index contributed by atoms with van der Waals surface area (Å²) >= 11 is 0. The zero-order chi connectivity index (χ0) is 13.9. The molecule has 0 spiro atoms. The number of hydrogen-bond acceptors (Lipinski definition) is 2. The highest BCUT2D eigenvalue weighted by Gasteiger charge is 2.30. The molecule has 1 atom stereocenters. The molecule has 0 amide bonds. The zero-order valence-electron chi connectivity index (χ0n) is 9.64. The quantitative estimate of drug-likeness (QED) is 0.850. The van der Waals surface area contributed by atoms with Gasteiger partial charge < -0.3 is 5.73 Å². The van der Waals surface area contributed by atoms with Gasteiger partial charge in [0.05, 0.1) is 6.54 Å². The Morgan fingerprint density at radius 3 is 2.39 bits per heavy atom. The minimum Gasteiger partial charge on any atom is -0.323 e. The van der Waals surface area contributed by atoms with Gasteiger partial charge >= 0.3 is 6.18 Å². The van der Waals surface area contributed by atoms with Crippen LogP contribution in [0.25, 0.3) is 0 Å². The third kappa shape index (κ3) is 4.58. The van der Waals surface area contributed by atoms with E-state index in [4.69, 9.17) is 5.73 Å². The average molecular weight is 268 g/mol. The molecule has 0 bridgehead atoms. The highest BCUT2D eigenvalue weighted by molar-refractivity contribution is 5.22. The Morgan fingerprint density at radius 2 is 1.89 bits per heavy atom. The number of alkyl halides is 3. The predicted molar refractivity (Wildman–Crippen MR) is 56.8 cm³/mol. The van der Waals surface area contributed by atoms with Crippen LogP contribution >= 0.6 is 0 Å². The zero-order valence-corrected chi connectivity index (χ0v) is 9.64. The molecule has 0 aromatic heterocycles. The van der Waals surface area contributed by atoms with Crippen LogP contribution in [0.1, 0.15) is 11.6 Å². The summed E-state index contributed by atoms with van der Waals surface area (Å²) < 4.78 is 62.2. The van der Waals surface area contributed by atoms with Crippen LogP contribution in [0.3, 0.4) is 0 Å². The highest BCUT2D eigenvalue weighted by Crippen LogP contribution is 2.20. The third-order valence-corrected chi connectivity index (χ3v) is 2.32. The van der Waals surface area contributed by atoms with Crippen molar-refractivity contribution in [1.29, 1.82) is 0 Å². The van der Waals surface area contributed by atoms with Crippen molar-refractivity contribution in [2.45, 2.75) is 12.2 Å². The fourth-order valence-corrected chi connectivity index (χ4v) is 1.61. The second kappa shape index (κ2) is 5.62. The summed E-state index contributed by atoms with van der Waals surface area (Å²) in [6.07, 6.45) is -4.34. The van der Waals surface area contributed by atoms with Crippen LogP contribution in [0.15, 0.2) is 18.2 Å². The van der Waals surface area contributed by atoms with E-state index in [1.807, 2.05) is 0 Å². The molecule has 2 nitrogen and oxygen atoms in total. The molecule has 0 radical (unpaired) electrons. The van der Waals surface area contributed by atoms with Crippen LogP contribution in [0.4, 0.5) is 22.0 Å². The van der Waals surface area contributed by atoms with Gasteiger partial charge in [0.2, 0.25) is 0 Å². The molecule has 0 saturated carbocycles. The van der Waals surface area contributed by atoms with Gasteiger partial charge in [-0.15, -0.1) is 0 Å². The van der Waals surface area contributed by atoms with E-state index in [-0.39, 0.29) is 12.1 Å². The predicted octanol–water partition coefficient (Wildman–Crippen LogP) is 2.46. The Morgan fingerprint density at radius 1 is 1.28 bits per heavy atom. The molecule has 7 heteroatoms. The van der Waals surface area contributed by atoms with Crippen molar-refractivity contribution < 1.29 is 22.0 Å². The van der Waals surface area contributed by atoms with Gasteiger partial charge in [0, 0.05) is 24.2 Å². The van der Waals surface area contributed by atoms with Crippen molar-refractivity contribution in [2.24, 2.45) is 5.73 Å². The number of nitrogens with two attached hydrogens (primary N) is 1. The van der Waals surface area contributed by atoms with Crippen LogP contribution in [0.2, 0.25) is 0 Å². The molecule has 1 aromatic carbocycles. The van der Waals surface area contributed by atoms with E-state index in [0.29, 0.717) is 6.07 Å². The normalized spacial score (nSPS) is 14.0. The summed E-state index contributed by atoms with van der Waals surface area (Å²) in [5, 5.41) is 0. The Labute approximate surface area is 101 Å². The Hall–Kier alpha value is -1.21. The van der Waals surface area contributed by atoms with E-state index < -0.39 is 30.4 Å². The topological polar surface area (TPSA) is 29.3 Å². The molecule has 1 rings (SSSR count). The fourth-order valence-electron chi connectivity index (χ4n) is 1.61. The fraction of sp³-hybridized carbons (Fsp3) is 0.455. The first-order valence-corrected chi connectivity index (χ1v) is 5.15. The standard InChI is InChI=1S/C11H13F5N2/c1-18(6-11(14,15)16)5-10(17)8-3-2-7(12)4-9(8)13/h2-4,10H,5-6,17H2,1H3. The Bertz CT molecular complexity index is 405. The average Bonchev–Trinajstić information content (AvgIpc) is 2.13. The number of likely N-dealkylation sites (N-methyl/N-ethyl adjacent to an activating group) is 1. The first-order valence-electron chi connectivity index (χ1n) is 5.15. The van der Waals surface area contributed by atoms with Crippen LogP contribution in [0, 0.1) is 11.6 Å². The van der Waals surface area contributed by atoms with Crippen LogP contribution in [-0.2, 0) is 0 Å². The molecule has 102 valence electrons. The van der Waals surface area contributed by atoms with Gasteiger partial charge in [0.1, 0.15) is 11.6 Å². The molecule has 0 aliphatic rings. The number of hydrogen-bond donors (Lipinski definition) is 1. The minimum absolute atomic E-state index is 0.00887. The lowest BCUT2D eigenvalue weighted by Crippen LogP contribution is -2.36. The highest BCUT2D eigenvalue weighted by atomic mass is 19.4. The van der Waals surface area contributed by atoms with Crippen LogP contribution in [-0.4, -0.2) is 31.2 Å². The Kier molecular flexibility index (Phi) is 4.64. The molecule has 0 heterocycles. The number of halogens is 5. The summed E-state index contributed by atoms with van der Waals surface area (Å²) in [6, 6.07) is 1.86. The van der Waals surface area contributed by atoms with Crippen molar-refractivity contribution in [3.05, 3.63) is 35.4 Å². The molecule has 0 aliphatic carbocycles. The number of nitrogens with zero attached hydrogens (tertiary/aromatic N) is 1. The monoisotopic (exact) mass is 268 g/mol. The lowest BCUT2D eigenvalue weighted by Gasteiger charge is -2.22. The van der Waals surface area contributed by atoms with Gasteiger partial charge in [0.25, 0.3) is 0 Å².